The monoisotopic (exact) mass is 289 g/mol. The second-order valence-electron chi connectivity index (χ2n) is 6.04. The summed E-state index contributed by atoms with van der Waals surface area (Å²) in [7, 11) is 0. The number of fused-ring (bicyclic) bond motifs is 2. The molecule has 0 aliphatic carbocycles. The highest BCUT2D eigenvalue weighted by Gasteiger charge is 2.35. The molecule has 1 fully saturated rings. The van der Waals surface area contributed by atoms with Gasteiger partial charge in [-0.2, -0.15) is 0 Å². The van der Waals surface area contributed by atoms with Gasteiger partial charge in [-0.15, -0.1) is 6.42 Å². The van der Waals surface area contributed by atoms with E-state index in [4.69, 9.17) is 11.2 Å². The maximum atomic E-state index is 11.6. The Morgan fingerprint density at radius 1 is 1.43 bits per heavy atom. The lowest BCUT2D eigenvalue weighted by Gasteiger charge is -2.28. The number of allylic oxidation sites excluding steroid dienone is 1. The smallest absolute Gasteiger partial charge is 0.305 e. The molecule has 0 amide bonds. The number of hydrogen-bond acceptors (Lipinski definition) is 3. The summed E-state index contributed by atoms with van der Waals surface area (Å²) in [5.74, 6) is 2.81. The first-order valence-corrected chi connectivity index (χ1v) is 8.34. The van der Waals surface area contributed by atoms with Crippen molar-refractivity contribution in [3.8, 4) is 12.3 Å². The van der Waals surface area contributed by atoms with Crippen LogP contribution < -0.4 is 0 Å². The molecule has 2 atom stereocenters. The van der Waals surface area contributed by atoms with Crippen LogP contribution in [0, 0.1) is 12.3 Å². The Hall–Kier alpha value is -1.27. The number of unbranched alkanes of at least 4 members (excludes halogenated alkanes) is 1. The molecule has 2 unspecified atom stereocenters. The Balaban J connectivity index is 1.77. The molecule has 1 saturated heterocycles. The summed E-state index contributed by atoms with van der Waals surface area (Å²) >= 11 is 0. The van der Waals surface area contributed by atoms with E-state index in [1.807, 2.05) is 0 Å². The van der Waals surface area contributed by atoms with Gasteiger partial charge in [0.15, 0.2) is 0 Å². The molecule has 0 radical (unpaired) electrons. The largest absolute Gasteiger partial charge is 0.466 e. The summed E-state index contributed by atoms with van der Waals surface area (Å²) in [5.41, 5.74) is 1.15. The van der Waals surface area contributed by atoms with Crippen LogP contribution in [0.4, 0.5) is 0 Å². The first kappa shape index (κ1) is 16.1. The number of carbonyl (C=O) groups is 1. The Morgan fingerprint density at radius 3 is 3.05 bits per heavy atom. The normalized spacial score (nSPS) is 25.0. The predicted molar refractivity (Wildman–Crippen MR) is 84.8 cm³/mol. The first-order valence-electron chi connectivity index (χ1n) is 8.34. The lowest BCUT2D eigenvalue weighted by Crippen LogP contribution is -2.36. The van der Waals surface area contributed by atoms with E-state index < -0.39 is 0 Å². The number of ether oxygens (including phenoxy) is 1. The van der Waals surface area contributed by atoms with Crippen LogP contribution in [-0.2, 0) is 9.53 Å². The van der Waals surface area contributed by atoms with E-state index in [-0.39, 0.29) is 5.97 Å². The number of hydrogen-bond donors (Lipinski definition) is 0. The third kappa shape index (κ3) is 4.35. The minimum Gasteiger partial charge on any atom is -0.466 e. The van der Waals surface area contributed by atoms with Crippen molar-refractivity contribution in [2.45, 2.75) is 70.4 Å². The average Bonchev–Trinajstić information content (AvgIpc) is 2.76. The maximum Gasteiger partial charge on any atom is 0.305 e. The van der Waals surface area contributed by atoms with Crippen LogP contribution >= 0.6 is 0 Å². The molecule has 2 rings (SSSR count). The van der Waals surface area contributed by atoms with E-state index in [0.717, 1.165) is 37.8 Å². The molecule has 3 heteroatoms. The van der Waals surface area contributed by atoms with Crippen molar-refractivity contribution in [3.63, 3.8) is 0 Å². The van der Waals surface area contributed by atoms with Crippen molar-refractivity contribution in [3.05, 3.63) is 11.6 Å². The summed E-state index contributed by atoms with van der Waals surface area (Å²) in [6, 6.07) is 1.06. The van der Waals surface area contributed by atoms with Crippen LogP contribution in [0.5, 0.6) is 0 Å². The van der Waals surface area contributed by atoms with Crippen molar-refractivity contribution in [1.82, 2.24) is 4.90 Å². The molecule has 21 heavy (non-hydrogen) atoms. The molecule has 2 bridgehead atoms. The van der Waals surface area contributed by atoms with E-state index >= 15 is 0 Å². The molecule has 2 aliphatic heterocycles. The third-order valence-electron chi connectivity index (χ3n) is 4.59. The zero-order valence-electron chi connectivity index (χ0n) is 13.1. The van der Waals surface area contributed by atoms with Gasteiger partial charge in [-0.25, -0.2) is 0 Å². The standard InChI is InChI=1S/C18H27NO2/c1-3-5-14-21-18(20)10-7-13-19-16-9-6-8-15(4-2)17(19)12-11-16/h2,8,16-17H,3,5-7,9-14H2,1H3. The van der Waals surface area contributed by atoms with Crippen molar-refractivity contribution in [2.75, 3.05) is 13.2 Å². The second-order valence-corrected chi connectivity index (χ2v) is 6.04. The zero-order chi connectivity index (χ0) is 15.1. The van der Waals surface area contributed by atoms with Crippen LogP contribution in [0.2, 0.25) is 0 Å². The molecule has 2 heterocycles. The quantitative estimate of drug-likeness (QED) is 0.409. The summed E-state index contributed by atoms with van der Waals surface area (Å²) in [6.07, 6.45) is 16.0. The number of terminal acetylenes is 1. The van der Waals surface area contributed by atoms with Gasteiger partial charge in [0.1, 0.15) is 0 Å². The van der Waals surface area contributed by atoms with Gasteiger partial charge in [0.05, 0.1) is 6.61 Å². The fourth-order valence-electron chi connectivity index (χ4n) is 3.45. The minimum absolute atomic E-state index is 0.0571. The Kier molecular flexibility index (Phi) is 6.32. The van der Waals surface area contributed by atoms with Gasteiger partial charge in [-0.05, 0) is 45.1 Å². The highest BCUT2D eigenvalue weighted by Crippen LogP contribution is 2.34. The van der Waals surface area contributed by atoms with Crippen LogP contribution in [0.3, 0.4) is 0 Å². The Bertz CT molecular complexity index is 421. The minimum atomic E-state index is -0.0571. The molecule has 116 valence electrons. The Labute approximate surface area is 128 Å². The summed E-state index contributed by atoms with van der Waals surface area (Å²) in [6.45, 7) is 3.62. The fraction of sp³-hybridized carbons (Fsp3) is 0.722. The number of carbonyl (C=O) groups excluding carboxylic acids is 1. The second kappa shape index (κ2) is 8.24. The van der Waals surface area contributed by atoms with Gasteiger partial charge < -0.3 is 4.74 Å². The van der Waals surface area contributed by atoms with Crippen molar-refractivity contribution < 1.29 is 9.53 Å². The van der Waals surface area contributed by atoms with Gasteiger partial charge in [0.25, 0.3) is 0 Å². The molecule has 2 aliphatic rings. The van der Waals surface area contributed by atoms with E-state index in [9.17, 15) is 4.79 Å². The van der Waals surface area contributed by atoms with Gasteiger partial charge in [-0.1, -0.05) is 25.3 Å². The van der Waals surface area contributed by atoms with Crippen molar-refractivity contribution in [1.29, 1.82) is 0 Å². The van der Waals surface area contributed by atoms with Crippen LogP contribution in [-0.4, -0.2) is 36.1 Å². The molecule has 0 aromatic carbocycles. The molecular weight excluding hydrogens is 262 g/mol. The highest BCUT2D eigenvalue weighted by atomic mass is 16.5. The topological polar surface area (TPSA) is 29.5 Å². The van der Waals surface area contributed by atoms with Gasteiger partial charge in [-0.3, -0.25) is 9.69 Å². The predicted octanol–water partition coefficient (Wildman–Crippen LogP) is 3.30. The zero-order valence-corrected chi connectivity index (χ0v) is 13.1. The fourth-order valence-corrected chi connectivity index (χ4v) is 3.45. The molecular formula is C18H27NO2. The molecule has 3 nitrogen and oxygen atoms in total. The van der Waals surface area contributed by atoms with E-state index in [2.05, 4.69) is 23.8 Å². The van der Waals surface area contributed by atoms with E-state index in [0.29, 0.717) is 25.1 Å². The molecule has 0 aromatic rings. The lowest BCUT2D eigenvalue weighted by atomic mass is 10.0. The molecule has 0 saturated carbocycles. The number of rotatable bonds is 7. The third-order valence-corrected chi connectivity index (χ3v) is 4.59. The number of nitrogens with zero attached hydrogens (tertiary/aromatic N) is 1. The van der Waals surface area contributed by atoms with Gasteiger partial charge in [0, 0.05) is 24.1 Å². The molecule has 0 spiro atoms. The SMILES string of the molecule is C#CC1=CCCC2CCC1N2CCCC(=O)OCCCC. The molecule has 0 aromatic heterocycles. The highest BCUT2D eigenvalue weighted by molar-refractivity contribution is 5.69. The summed E-state index contributed by atoms with van der Waals surface area (Å²) in [4.78, 5) is 14.2. The average molecular weight is 289 g/mol. The van der Waals surface area contributed by atoms with Crippen LogP contribution in [0.1, 0.15) is 58.3 Å². The van der Waals surface area contributed by atoms with Gasteiger partial charge in [0.2, 0.25) is 0 Å². The molecule has 0 N–H and O–H groups in total. The Morgan fingerprint density at radius 2 is 2.29 bits per heavy atom. The van der Waals surface area contributed by atoms with Crippen molar-refractivity contribution in [2.24, 2.45) is 0 Å². The van der Waals surface area contributed by atoms with Crippen molar-refractivity contribution >= 4 is 5.97 Å². The van der Waals surface area contributed by atoms with Gasteiger partial charge >= 0.3 is 5.97 Å². The lowest BCUT2D eigenvalue weighted by molar-refractivity contribution is -0.143. The van der Waals surface area contributed by atoms with Crippen LogP contribution in [0.15, 0.2) is 11.6 Å². The maximum absolute atomic E-state index is 11.6. The summed E-state index contributed by atoms with van der Waals surface area (Å²) < 4.78 is 5.21. The van der Waals surface area contributed by atoms with E-state index in [1.165, 1.54) is 19.3 Å². The van der Waals surface area contributed by atoms with E-state index in [1.54, 1.807) is 0 Å². The summed E-state index contributed by atoms with van der Waals surface area (Å²) in [5, 5.41) is 0. The van der Waals surface area contributed by atoms with Crippen LogP contribution in [0.25, 0.3) is 0 Å². The first-order chi connectivity index (χ1) is 10.3. The number of esters is 1.